The molecule has 3 N–H and O–H groups in total. The van der Waals surface area contributed by atoms with Gasteiger partial charge in [0.25, 0.3) is 5.91 Å². The number of anilines is 1. The van der Waals surface area contributed by atoms with Gasteiger partial charge in [-0.05, 0) is 26.9 Å². The molecule has 1 aromatic rings. The maximum Gasteiger partial charge on any atom is 0.274 e. The van der Waals surface area contributed by atoms with E-state index >= 15 is 0 Å². The molecule has 7 heteroatoms. The second-order valence-corrected chi connectivity index (χ2v) is 4.99. The number of nitrogens with two attached hydrogens (primary N) is 1. The fraction of sp³-hybridized carbons (Fsp3) is 0.583. The van der Waals surface area contributed by atoms with Crippen LogP contribution in [0, 0.1) is 0 Å². The first kappa shape index (κ1) is 13.7. The van der Waals surface area contributed by atoms with Crippen molar-refractivity contribution < 1.29 is 4.79 Å². The Labute approximate surface area is 112 Å². The highest BCUT2D eigenvalue weighted by Gasteiger charge is 2.30. The van der Waals surface area contributed by atoms with E-state index in [0.29, 0.717) is 11.5 Å². The van der Waals surface area contributed by atoms with Gasteiger partial charge in [-0.2, -0.15) is 0 Å². The molecule has 1 aliphatic heterocycles. The third-order valence-electron chi connectivity index (χ3n) is 3.22. The predicted molar refractivity (Wildman–Crippen MR) is 72.5 cm³/mol. The van der Waals surface area contributed by atoms with Gasteiger partial charge in [-0.1, -0.05) is 0 Å². The molecule has 1 saturated heterocycles. The molecule has 104 valence electrons. The van der Waals surface area contributed by atoms with Crippen molar-refractivity contribution >= 4 is 11.7 Å². The number of likely N-dealkylation sites (N-methyl/N-ethyl adjacent to an activating group) is 1. The van der Waals surface area contributed by atoms with Gasteiger partial charge in [0.1, 0.15) is 5.69 Å². The van der Waals surface area contributed by atoms with Crippen molar-refractivity contribution in [3.63, 3.8) is 0 Å². The van der Waals surface area contributed by atoms with E-state index in [2.05, 4.69) is 20.3 Å². The van der Waals surface area contributed by atoms with Crippen LogP contribution in [0.2, 0.25) is 0 Å². The molecule has 1 amide bonds. The molecule has 0 saturated carbocycles. The molecule has 19 heavy (non-hydrogen) atoms. The topological polar surface area (TPSA) is 87.4 Å². The molecular weight excluding hydrogens is 244 g/mol. The van der Waals surface area contributed by atoms with E-state index in [1.54, 1.807) is 0 Å². The number of hydrazine groups is 1. The smallest absolute Gasteiger partial charge is 0.274 e. The van der Waals surface area contributed by atoms with Crippen molar-refractivity contribution in [1.82, 2.24) is 19.8 Å². The minimum absolute atomic E-state index is 0.0750. The average Bonchev–Trinajstić information content (AvgIpc) is 2.85. The Morgan fingerprint density at radius 1 is 1.58 bits per heavy atom. The first-order chi connectivity index (χ1) is 9.11. The minimum Gasteiger partial charge on any atom is -0.333 e. The minimum atomic E-state index is -0.0750. The summed E-state index contributed by atoms with van der Waals surface area (Å²) in [6.45, 7) is 1.65. The lowest BCUT2D eigenvalue weighted by molar-refractivity contribution is 0.0710. The van der Waals surface area contributed by atoms with Crippen molar-refractivity contribution in [2.45, 2.75) is 18.9 Å². The van der Waals surface area contributed by atoms with Crippen LogP contribution in [0.15, 0.2) is 12.4 Å². The zero-order chi connectivity index (χ0) is 13.8. The highest BCUT2D eigenvalue weighted by atomic mass is 16.2. The number of carbonyl (C=O) groups is 1. The van der Waals surface area contributed by atoms with Crippen LogP contribution in [0.4, 0.5) is 5.82 Å². The molecule has 0 aromatic carbocycles. The summed E-state index contributed by atoms with van der Waals surface area (Å²) in [5.41, 5.74) is 2.74. The highest BCUT2D eigenvalue weighted by molar-refractivity contribution is 5.92. The van der Waals surface area contributed by atoms with Crippen LogP contribution in [-0.4, -0.2) is 58.9 Å². The molecule has 0 aliphatic carbocycles. The molecule has 0 spiro atoms. The zero-order valence-electron chi connectivity index (χ0n) is 11.3. The van der Waals surface area contributed by atoms with Gasteiger partial charge in [-0.3, -0.25) is 9.78 Å². The van der Waals surface area contributed by atoms with Crippen molar-refractivity contribution in [2.75, 3.05) is 32.6 Å². The monoisotopic (exact) mass is 264 g/mol. The van der Waals surface area contributed by atoms with Crippen molar-refractivity contribution in [3.8, 4) is 0 Å². The van der Waals surface area contributed by atoms with E-state index in [9.17, 15) is 4.79 Å². The second-order valence-electron chi connectivity index (χ2n) is 4.99. The number of hydrogen-bond acceptors (Lipinski definition) is 6. The van der Waals surface area contributed by atoms with E-state index in [-0.39, 0.29) is 11.9 Å². The Bertz CT molecular complexity index is 450. The highest BCUT2D eigenvalue weighted by Crippen LogP contribution is 2.20. The van der Waals surface area contributed by atoms with Crippen LogP contribution in [0.25, 0.3) is 0 Å². The number of aromatic nitrogens is 2. The van der Waals surface area contributed by atoms with E-state index in [1.165, 1.54) is 12.4 Å². The maximum absolute atomic E-state index is 12.4. The second kappa shape index (κ2) is 5.94. The first-order valence-corrected chi connectivity index (χ1v) is 6.36. The van der Waals surface area contributed by atoms with E-state index in [1.807, 2.05) is 19.0 Å². The van der Waals surface area contributed by atoms with Crippen molar-refractivity contribution in [2.24, 2.45) is 5.84 Å². The normalized spacial score (nSPS) is 18.9. The summed E-state index contributed by atoms with van der Waals surface area (Å²) in [7, 11) is 4.03. The van der Waals surface area contributed by atoms with Crippen LogP contribution in [0.3, 0.4) is 0 Å². The lowest BCUT2D eigenvalue weighted by Crippen LogP contribution is -2.41. The number of hydrogen-bond donors (Lipinski definition) is 2. The molecule has 1 aromatic heterocycles. The van der Waals surface area contributed by atoms with Crippen LogP contribution in [0.5, 0.6) is 0 Å². The number of likely N-dealkylation sites (tertiary alicyclic amines) is 1. The summed E-state index contributed by atoms with van der Waals surface area (Å²) >= 11 is 0. The van der Waals surface area contributed by atoms with E-state index in [0.717, 1.165) is 25.9 Å². The molecule has 2 heterocycles. The molecular formula is C12H20N6O. The van der Waals surface area contributed by atoms with Crippen molar-refractivity contribution in [1.29, 1.82) is 0 Å². The quantitative estimate of drug-likeness (QED) is 0.584. The van der Waals surface area contributed by atoms with E-state index in [4.69, 9.17) is 5.84 Å². The number of nitrogens with one attached hydrogen (secondary N) is 1. The average molecular weight is 264 g/mol. The molecule has 0 bridgehead atoms. The standard InChI is InChI=1S/C12H20N6O/c1-17(2)8-9-4-3-5-18(9)12(19)10-6-14-7-11(15-10)16-13/h6-7,9H,3-5,8,13H2,1-2H3,(H,15,16). The Balaban J connectivity index is 2.13. The summed E-state index contributed by atoms with van der Waals surface area (Å²) < 4.78 is 0. The number of nitrogens with zero attached hydrogens (tertiary/aromatic N) is 4. The van der Waals surface area contributed by atoms with Gasteiger partial charge in [-0.25, -0.2) is 10.8 Å². The molecule has 1 atom stereocenters. The summed E-state index contributed by atoms with van der Waals surface area (Å²) in [6.07, 6.45) is 5.03. The largest absolute Gasteiger partial charge is 0.333 e. The van der Waals surface area contributed by atoms with Crippen LogP contribution in [-0.2, 0) is 0 Å². The lowest BCUT2D eigenvalue weighted by atomic mass is 10.2. The molecule has 2 rings (SSSR count). The molecule has 1 unspecified atom stereocenters. The van der Waals surface area contributed by atoms with Gasteiger partial charge in [0.15, 0.2) is 5.82 Å². The summed E-state index contributed by atoms with van der Waals surface area (Å²) in [5, 5.41) is 0. The molecule has 1 aliphatic rings. The number of rotatable bonds is 4. The van der Waals surface area contributed by atoms with Crippen molar-refractivity contribution in [3.05, 3.63) is 18.1 Å². The Morgan fingerprint density at radius 2 is 2.37 bits per heavy atom. The summed E-state index contributed by atoms with van der Waals surface area (Å²) in [6, 6.07) is 0.249. The Morgan fingerprint density at radius 3 is 3.05 bits per heavy atom. The summed E-state index contributed by atoms with van der Waals surface area (Å²) in [4.78, 5) is 24.5. The lowest BCUT2D eigenvalue weighted by Gasteiger charge is -2.26. The fourth-order valence-electron chi connectivity index (χ4n) is 2.40. The van der Waals surface area contributed by atoms with Crippen LogP contribution >= 0.6 is 0 Å². The van der Waals surface area contributed by atoms with Gasteiger partial charge in [0.2, 0.25) is 0 Å². The number of carbonyl (C=O) groups excluding carboxylic acids is 1. The summed E-state index contributed by atoms with van der Waals surface area (Å²) in [5.74, 6) is 5.60. The van der Waals surface area contributed by atoms with Gasteiger partial charge in [0.05, 0.1) is 12.4 Å². The maximum atomic E-state index is 12.4. The Hall–Kier alpha value is -1.73. The van der Waals surface area contributed by atoms with Gasteiger partial charge in [-0.15, -0.1) is 0 Å². The zero-order valence-corrected chi connectivity index (χ0v) is 11.3. The number of nitrogen functional groups attached to an aromatic ring is 1. The molecule has 0 radical (unpaired) electrons. The Kier molecular flexibility index (Phi) is 4.28. The van der Waals surface area contributed by atoms with E-state index < -0.39 is 0 Å². The third-order valence-corrected chi connectivity index (χ3v) is 3.22. The first-order valence-electron chi connectivity index (χ1n) is 6.36. The van der Waals surface area contributed by atoms with Gasteiger partial charge in [0, 0.05) is 19.1 Å². The van der Waals surface area contributed by atoms with Crippen LogP contribution < -0.4 is 11.3 Å². The van der Waals surface area contributed by atoms with Gasteiger partial charge < -0.3 is 15.2 Å². The van der Waals surface area contributed by atoms with Crippen LogP contribution in [0.1, 0.15) is 23.3 Å². The number of amides is 1. The fourth-order valence-corrected chi connectivity index (χ4v) is 2.40. The molecule has 1 fully saturated rings. The third kappa shape index (κ3) is 3.18. The van der Waals surface area contributed by atoms with Gasteiger partial charge >= 0.3 is 0 Å². The SMILES string of the molecule is CN(C)CC1CCCN1C(=O)c1cncc(NN)n1. The predicted octanol–water partition coefficient (Wildman–Crippen LogP) is -0.0716. The molecule has 7 nitrogen and oxygen atoms in total.